The summed E-state index contributed by atoms with van der Waals surface area (Å²) in [5.74, 6) is -0.860. The molecule has 0 unspecified atom stereocenters. The van der Waals surface area contributed by atoms with E-state index in [2.05, 4.69) is 10.0 Å². The van der Waals surface area contributed by atoms with Crippen LogP contribution in [0.5, 0.6) is 5.75 Å². The second kappa shape index (κ2) is 4.76. The molecule has 0 radical (unpaired) electrons. The van der Waals surface area contributed by atoms with Crippen molar-refractivity contribution < 1.29 is 14.5 Å². The molecular formula is C8H6N4O4. The molecule has 1 aromatic rings. The zero-order valence-electron chi connectivity index (χ0n) is 8.15. The van der Waals surface area contributed by atoms with Gasteiger partial charge in [-0.1, -0.05) is 0 Å². The minimum Gasteiger partial charge on any atom is -0.496 e. The summed E-state index contributed by atoms with van der Waals surface area (Å²) >= 11 is 0. The second-order valence-electron chi connectivity index (χ2n) is 2.64. The zero-order chi connectivity index (χ0) is 12.1. The number of azide groups is 1. The number of benzene rings is 1. The van der Waals surface area contributed by atoms with Crippen molar-refractivity contribution in [1.82, 2.24) is 0 Å². The molecule has 0 atom stereocenters. The lowest BCUT2D eigenvalue weighted by atomic mass is 10.1. The molecule has 0 heterocycles. The number of methoxy groups -OCH3 is 1. The second-order valence-corrected chi connectivity index (χ2v) is 2.64. The summed E-state index contributed by atoms with van der Waals surface area (Å²) in [6, 6.07) is 3.39. The van der Waals surface area contributed by atoms with Gasteiger partial charge < -0.3 is 4.74 Å². The van der Waals surface area contributed by atoms with Gasteiger partial charge in [0.2, 0.25) is 0 Å². The predicted octanol–water partition coefficient (Wildman–Crippen LogP) is 2.05. The molecule has 8 nitrogen and oxygen atoms in total. The fourth-order valence-corrected chi connectivity index (χ4v) is 1.06. The molecule has 1 amide bonds. The zero-order valence-corrected chi connectivity index (χ0v) is 8.15. The number of hydrogen-bond donors (Lipinski definition) is 0. The summed E-state index contributed by atoms with van der Waals surface area (Å²) in [5, 5.41) is 13.3. The van der Waals surface area contributed by atoms with E-state index in [1.54, 1.807) is 0 Å². The molecule has 0 aliphatic rings. The molecule has 0 aromatic heterocycles. The number of non-ortho nitro benzene ring substituents is 1. The monoisotopic (exact) mass is 222 g/mol. The predicted molar refractivity (Wildman–Crippen MR) is 53.1 cm³/mol. The molecule has 0 aliphatic heterocycles. The van der Waals surface area contributed by atoms with Crippen LogP contribution in [0.4, 0.5) is 5.69 Å². The summed E-state index contributed by atoms with van der Waals surface area (Å²) in [4.78, 5) is 23.4. The van der Waals surface area contributed by atoms with Gasteiger partial charge >= 0.3 is 0 Å². The number of carbonyl (C=O) groups is 1. The largest absolute Gasteiger partial charge is 0.496 e. The quantitative estimate of drug-likeness (QED) is 0.255. The first-order chi connectivity index (χ1) is 7.60. The minimum atomic E-state index is -0.853. The first-order valence-corrected chi connectivity index (χ1v) is 4.02. The third-order valence-electron chi connectivity index (χ3n) is 1.76. The van der Waals surface area contributed by atoms with Gasteiger partial charge in [-0.25, -0.2) is 0 Å². The normalized spacial score (nSPS) is 9.06. The van der Waals surface area contributed by atoms with E-state index in [1.165, 1.54) is 13.2 Å². The highest BCUT2D eigenvalue weighted by molar-refractivity contribution is 5.97. The third kappa shape index (κ3) is 2.25. The van der Waals surface area contributed by atoms with Crippen molar-refractivity contribution in [1.29, 1.82) is 0 Å². The minimum absolute atomic E-state index is 0.00778. The van der Waals surface area contributed by atoms with Crippen LogP contribution in [0.3, 0.4) is 0 Å². The van der Waals surface area contributed by atoms with E-state index >= 15 is 0 Å². The fraction of sp³-hybridized carbons (Fsp3) is 0.125. The molecule has 0 saturated heterocycles. The van der Waals surface area contributed by atoms with Crippen molar-refractivity contribution in [3.63, 3.8) is 0 Å². The number of amides is 1. The van der Waals surface area contributed by atoms with Crippen LogP contribution < -0.4 is 4.74 Å². The topological polar surface area (TPSA) is 118 Å². The van der Waals surface area contributed by atoms with Gasteiger partial charge in [-0.15, -0.1) is 0 Å². The average molecular weight is 222 g/mol. The van der Waals surface area contributed by atoms with Crippen LogP contribution in [0.1, 0.15) is 10.4 Å². The Labute approximate surface area is 89.2 Å². The van der Waals surface area contributed by atoms with E-state index < -0.39 is 10.8 Å². The first-order valence-electron chi connectivity index (χ1n) is 4.02. The number of nitro groups is 1. The maximum atomic E-state index is 11.2. The summed E-state index contributed by atoms with van der Waals surface area (Å²) in [7, 11) is 1.26. The Balaban J connectivity index is 3.26. The highest BCUT2D eigenvalue weighted by Crippen LogP contribution is 2.25. The standard InChI is InChI=1S/C8H6N4O4/c1-16-7-4-5(12(14)15)2-3-6(7)8(13)10-11-9/h2-4H,1H3. The molecule has 8 heteroatoms. The summed E-state index contributed by atoms with van der Waals surface area (Å²) in [5.41, 5.74) is 7.86. The van der Waals surface area contributed by atoms with Crippen LogP contribution in [0.15, 0.2) is 23.3 Å². The number of rotatable bonds is 3. The molecule has 0 bridgehead atoms. The molecule has 1 rings (SSSR count). The van der Waals surface area contributed by atoms with Crippen molar-refractivity contribution in [2.45, 2.75) is 0 Å². The Bertz CT molecular complexity index is 493. The van der Waals surface area contributed by atoms with Crippen molar-refractivity contribution in [2.24, 2.45) is 5.11 Å². The molecule has 0 fully saturated rings. The average Bonchev–Trinajstić information content (AvgIpc) is 2.28. The van der Waals surface area contributed by atoms with Crippen LogP contribution >= 0.6 is 0 Å². The van der Waals surface area contributed by atoms with E-state index in [9.17, 15) is 14.9 Å². The highest BCUT2D eigenvalue weighted by Gasteiger charge is 2.15. The molecule has 16 heavy (non-hydrogen) atoms. The number of nitro benzene ring substituents is 1. The maximum absolute atomic E-state index is 11.2. The molecule has 0 N–H and O–H groups in total. The molecule has 0 aliphatic carbocycles. The van der Waals surface area contributed by atoms with E-state index in [0.717, 1.165) is 12.1 Å². The van der Waals surface area contributed by atoms with Crippen LogP contribution in [0.25, 0.3) is 10.4 Å². The number of carbonyl (C=O) groups excluding carboxylic acids is 1. The molecule has 0 spiro atoms. The van der Waals surface area contributed by atoms with Crippen molar-refractivity contribution in [3.8, 4) is 5.75 Å². The van der Waals surface area contributed by atoms with E-state index in [4.69, 9.17) is 10.3 Å². The first kappa shape index (κ1) is 11.5. The third-order valence-corrected chi connectivity index (χ3v) is 1.76. The van der Waals surface area contributed by atoms with E-state index in [0.29, 0.717) is 0 Å². The Hall–Kier alpha value is -2.60. The molecular weight excluding hydrogens is 216 g/mol. The number of ether oxygens (including phenoxy) is 1. The van der Waals surface area contributed by atoms with E-state index in [1.807, 2.05) is 0 Å². The van der Waals surface area contributed by atoms with Gasteiger partial charge in [-0.2, -0.15) is 0 Å². The van der Waals surface area contributed by atoms with Gasteiger partial charge in [-0.3, -0.25) is 14.9 Å². The molecule has 1 aromatic carbocycles. The smallest absolute Gasteiger partial charge is 0.273 e. The highest BCUT2D eigenvalue weighted by atomic mass is 16.6. The lowest BCUT2D eigenvalue weighted by Gasteiger charge is -2.04. The Morgan fingerprint density at radius 3 is 2.81 bits per heavy atom. The molecule has 0 saturated carbocycles. The summed E-state index contributed by atoms with van der Waals surface area (Å²) < 4.78 is 4.80. The van der Waals surface area contributed by atoms with Crippen molar-refractivity contribution in [3.05, 3.63) is 44.3 Å². The Kier molecular flexibility index (Phi) is 3.41. The number of nitrogens with zero attached hydrogens (tertiary/aromatic N) is 4. The SMILES string of the molecule is COc1cc([N+](=O)[O-])ccc1C(=O)N=[N+]=[N-]. The van der Waals surface area contributed by atoms with Gasteiger partial charge in [0.15, 0.2) is 0 Å². The van der Waals surface area contributed by atoms with Crippen LogP contribution in [0.2, 0.25) is 0 Å². The number of hydrogen-bond acceptors (Lipinski definition) is 4. The lowest BCUT2D eigenvalue weighted by molar-refractivity contribution is -0.384. The van der Waals surface area contributed by atoms with Gasteiger partial charge in [-0.05, 0) is 16.7 Å². The fourth-order valence-electron chi connectivity index (χ4n) is 1.06. The summed E-state index contributed by atoms with van der Waals surface area (Å²) in [6.07, 6.45) is 0. The van der Waals surface area contributed by atoms with Gasteiger partial charge in [0.1, 0.15) is 5.75 Å². The van der Waals surface area contributed by atoms with Gasteiger partial charge in [0.25, 0.3) is 11.6 Å². The molecule has 82 valence electrons. The maximum Gasteiger partial charge on any atom is 0.273 e. The summed E-state index contributed by atoms with van der Waals surface area (Å²) in [6.45, 7) is 0. The van der Waals surface area contributed by atoms with E-state index in [-0.39, 0.29) is 17.0 Å². The van der Waals surface area contributed by atoms with Gasteiger partial charge in [0, 0.05) is 11.0 Å². The Morgan fingerprint density at radius 2 is 2.31 bits per heavy atom. The van der Waals surface area contributed by atoms with Crippen molar-refractivity contribution >= 4 is 11.6 Å². The van der Waals surface area contributed by atoms with Crippen LogP contribution in [-0.4, -0.2) is 17.9 Å². The van der Waals surface area contributed by atoms with Gasteiger partial charge in [0.05, 0.1) is 23.7 Å². The van der Waals surface area contributed by atoms with Crippen LogP contribution in [0, 0.1) is 10.1 Å². The van der Waals surface area contributed by atoms with Crippen molar-refractivity contribution in [2.75, 3.05) is 7.11 Å². The Morgan fingerprint density at radius 1 is 1.62 bits per heavy atom. The van der Waals surface area contributed by atoms with Crippen LogP contribution in [-0.2, 0) is 0 Å². The lowest BCUT2D eigenvalue weighted by Crippen LogP contribution is -1.99.